The van der Waals surface area contributed by atoms with Gasteiger partial charge in [-0.3, -0.25) is 4.79 Å². The van der Waals surface area contributed by atoms with Crippen molar-refractivity contribution in [1.29, 1.82) is 0 Å². The molecule has 0 amide bonds. The van der Waals surface area contributed by atoms with Crippen LogP contribution in [0.25, 0.3) is 0 Å². The maximum absolute atomic E-state index is 10.7. The molecule has 0 radical (unpaired) electrons. The molecular weight excluding hydrogens is 204 g/mol. The Balaban J connectivity index is 2.19. The van der Waals surface area contributed by atoms with E-state index in [2.05, 4.69) is 23.9 Å². The average molecular weight is 228 g/mol. The third-order valence-electron chi connectivity index (χ3n) is 3.15. The number of carboxylic acid groups (broad SMARTS) is 1. The number of rotatable bonds is 6. The molecule has 1 unspecified atom stereocenters. The van der Waals surface area contributed by atoms with E-state index in [4.69, 9.17) is 5.11 Å². The molecule has 1 N–H and O–H groups in total. The number of hydrogen-bond acceptors (Lipinski definition) is 3. The minimum Gasteiger partial charge on any atom is -0.481 e. The minimum absolute atomic E-state index is 0.337. The molecule has 0 aliphatic carbocycles. The summed E-state index contributed by atoms with van der Waals surface area (Å²) in [6.45, 7) is 4.33. The van der Waals surface area contributed by atoms with Crippen LogP contribution in [0, 0.1) is 5.92 Å². The van der Waals surface area contributed by atoms with E-state index in [0.29, 0.717) is 12.3 Å². The van der Waals surface area contributed by atoms with Crippen molar-refractivity contribution >= 4 is 5.97 Å². The molecule has 94 valence electrons. The summed E-state index contributed by atoms with van der Waals surface area (Å²) in [5.74, 6) is -0.286. The van der Waals surface area contributed by atoms with Crippen LogP contribution in [-0.4, -0.2) is 61.2 Å². The first-order chi connectivity index (χ1) is 7.58. The summed E-state index contributed by atoms with van der Waals surface area (Å²) in [5.41, 5.74) is 0. The maximum atomic E-state index is 10.7. The molecule has 1 atom stereocenters. The van der Waals surface area contributed by atoms with Gasteiger partial charge >= 0.3 is 5.97 Å². The van der Waals surface area contributed by atoms with Crippen molar-refractivity contribution in [3.05, 3.63) is 0 Å². The molecule has 1 saturated heterocycles. The van der Waals surface area contributed by atoms with Gasteiger partial charge in [0.2, 0.25) is 0 Å². The third-order valence-corrected chi connectivity index (χ3v) is 3.15. The molecule has 0 bridgehead atoms. The van der Waals surface area contributed by atoms with E-state index in [1.165, 1.54) is 6.42 Å². The highest BCUT2D eigenvalue weighted by atomic mass is 16.4. The summed E-state index contributed by atoms with van der Waals surface area (Å²) in [6.07, 6.45) is 3.74. The number of nitrogens with zero attached hydrogens (tertiary/aromatic N) is 2. The van der Waals surface area contributed by atoms with Gasteiger partial charge in [0.05, 0.1) is 0 Å². The lowest BCUT2D eigenvalue weighted by atomic mass is 9.95. The number of piperidine rings is 1. The summed E-state index contributed by atoms with van der Waals surface area (Å²) in [7, 11) is 4.17. The fraction of sp³-hybridized carbons (Fsp3) is 0.917. The summed E-state index contributed by atoms with van der Waals surface area (Å²) in [5, 5.41) is 8.78. The molecular formula is C12H24N2O2. The van der Waals surface area contributed by atoms with Gasteiger partial charge in [-0.25, -0.2) is 0 Å². The number of carboxylic acids is 1. The largest absolute Gasteiger partial charge is 0.481 e. The van der Waals surface area contributed by atoms with Crippen LogP contribution < -0.4 is 0 Å². The lowest BCUT2D eigenvalue weighted by Crippen LogP contribution is -2.37. The zero-order valence-corrected chi connectivity index (χ0v) is 10.5. The summed E-state index contributed by atoms with van der Waals surface area (Å²) in [4.78, 5) is 15.3. The van der Waals surface area contributed by atoms with Crippen LogP contribution >= 0.6 is 0 Å². The van der Waals surface area contributed by atoms with Crippen molar-refractivity contribution in [2.75, 3.05) is 40.3 Å². The minimum atomic E-state index is -0.653. The van der Waals surface area contributed by atoms with Gasteiger partial charge in [-0.2, -0.15) is 0 Å². The van der Waals surface area contributed by atoms with Gasteiger partial charge in [0.1, 0.15) is 0 Å². The van der Waals surface area contributed by atoms with Gasteiger partial charge in [-0.1, -0.05) is 0 Å². The molecule has 4 nitrogen and oxygen atoms in total. The van der Waals surface area contributed by atoms with Gasteiger partial charge in [0.15, 0.2) is 0 Å². The van der Waals surface area contributed by atoms with Gasteiger partial charge in [0, 0.05) is 13.0 Å². The molecule has 0 aromatic carbocycles. The molecule has 0 aromatic rings. The maximum Gasteiger partial charge on any atom is 0.303 e. The SMILES string of the molecule is CN(C)CCCN1CCCC(CC(=O)O)C1. The van der Waals surface area contributed by atoms with E-state index in [0.717, 1.165) is 39.0 Å². The standard InChI is InChI=1S/C12H24N2O2/c1-13(2)6-4-8-14-7-3-5-11(10-14)9-12(15)16/h11H,3-10H2,1-2H3,(H,15,16). The van der Waals surface area contributed by atoms with Gasteiger partial charge in [-0.15, -0.1) is 0 Å². The molecule has 0 spiro atoms. The Morgan fingerprint density at radius 1 is 1.50 bits per heavy atom. The Kier molecular flexibility index (Phi) is 5.77. The van der Waals surface area contributed by atoms with Crippen LogP contribution in [-0.2, 0) is 4.79 Å². The van der Waals surface area contributed by atoms with Crippen LogP contribution in [0.5, 0.6) is 0 Å². The monoisotopic (exact) mass is 228 g/mol. The van der Waals surface area contributed by atoms with Crippen molar-refractivity contribution in [3.63, 3.8) is 0 Å². The summed E-state index contributed by atoms with van der Waals surface area (Å²) >= 11 is 0. The first-order valence-corrected chi connectivity index (χ1v) is 6.17. The second-order valence-corrected chi connectivity index (χ2v) is 5.06. The quantitative estimate of drug-likeness (QED) is 0.740. The number of aliphatic carboxylic acids is 1. The topological polar surface area (TPSA) is 43.8 Å². The zero-order valence-electron chi connectivity index (χ0n) is 10.5. The number of hydrogen-bond donors (Lipinski definition) is 1. The van der Waals surface area contributed by atoms with Crippen LogP contribution in [0.2, 0.25) is 0 Å². The predicted octanol–water partition coefficient (Wildman–Crippen LogP) is 1.12. The molecule has 16 heavy (non-hydrogen) atoms. The van der Waals surface area contributed by atoms with Crippen molar-refractivity contribution in [2.45, 2.75) is 25.7 Å². The van der Waals surface area contributed by atoms with Crippen molar-refractivity contribution in [3.8, 4) is 0 Å². The third kappa shape index (κ3) is 5.47. The molecule has 4 heteroatoms. The number of carbonyl (C=O) groups is 1. The van der Waals surface area contributed by atoms with Crippen LogP contribution in [0.1, 0.15) is 25.7 Å². The first-order valence-electron chi connectivity index (χ1n) is 6.17. The Morgan fingerprint density at radius 2 is 2.25 bits per heavy atom. The Bertz CT molecular complexity index is 219. The normalized spacial score (nSPS) is 22.6. The van der Waals surface area contributed by atoms with E-state index >= 15 is 0 Å². The lowest BCUT2D eigenvalue weighted by molar-refractivity contribution is -0.138. The Hall–Kier alpha value is -0.610. The lowest BCUT2D eigenvalue weighted by Gasteiger charge is -2.32. The summed E-state index contributed by atoms with van der Waals surface area (Å²) < 4.78 is 0. The van der Waals surface area contributed by atoms with E-state index in [-0.39, 0.29) is 0 Å². The van der Waals surface area contributed by atoms with Crippen LogP contribution in [0.15, 0.2) is 0 Å². The molecule has 0 aromatic heterocycles. The molecule has 1 aliphatic heterocycles. The van der Waals surface area contributed by atoms with E-state index in [1.54, 1.807) is 0 Å². The molecule has 0 saturated carbocycles. The molecule has 1 rings (SSSR count). The van der Waals surface area contributed by atoms with Gasteiger partial charge in [0.25, 0.3) is 0 Å². The average Bonchev–Trinajstić information content (AvgIpc) is 2.16. The van der Waals surface area contributed by atoms with Gasteiger partial charge in [-0.05, 0) is 58.9 Å². The smallest absolute Gasteiger partial charge is 0.303 e. The Morgan fingerprint density at radius 3 is 2.88 bits per heavy atom. The van der Waals surface area contributed by atoms with E-state index in [9.17, 15) is 4.79 Å². The van der Waals surface area contributed by atoms with E-state index in [1.807, 2.05) is 0 Å². The first kappa shape index (κ1) is 13.5. The highest BCUT2D eigenvalue weighted by molar-refractivity contribution is 5.67. The zero-order chi connectivity index (χ0) is 12.0. The fourth-order valence-electron chi connectivity index (χ4n) is 2.38. The fourth-order valence-corrected chi connectivity index (χ4v) is 2.38. The highest BCUT2D eigenvalue weighted by Crippen LogP contribution is 2.19. The van der Waals surface area contributed by atoms with Gasteiger partial charge < -0.3 is 14.9 Å². The molecule has 1 heterocycles. The van der Waals surface area contributed by atoms with Crippen LogP contribution in [0.4, 0.5) is 0 Å². The second kappa shape index (κ2) is 6.86. The van der Waals surface area contributed by atoms with Crippen LogP contribution in [0.3, 0.4) is 0 Å². The molecule has 1 fully saturated rings. The van der Waals surface area contributed by atoms with Crippen molar-refractivity contribution < 1.29 is 9.90 Å². The summed E-state index contributed by atoms with van der Waals surface area (Å²) in [6, 6.07) is 0. The molecule has 1 aliphatic rings. The second-order valence-electron chi connectivity index (χ2n) is 5.06. The Labute approximate surface area is 98.2 Å². The highest BCUT2D eigenvalue weighted by Gasteiger charge is 2.21. The van der Waals surface area contributed by atoms with Crippen molar-refractivity contribution in [2.24, 2.45) is 5.92 Å². The van der Waals surface area contributed by atoms with E-state index < -0.39 is 5.97 Å². The number of likely N-dealkylation sites (tertiary alicyclic amines) is 1. The predicted molar refractivity (Wildman–Crippen MR) is 64.6 cm³/mol. The van der Waals surface area contributed by atoms with Crippen molar-refractivity contribution in [1.82, 2.24) is 9.80 Å².